The van der Waals surface area contributed by atoms with Gasteiger partial charge in [0.05, 0.1) is 10.7 Å². The molecule has 1 N–H and O–H groups in total. The van der Waals surface area contributed by atoms with E-state index in [9.17, 15) is 9.59 Å². The Morgan fingerprint density at radius 2 is 1.82 bits per heavy atom. The van der Waals surface area contributed by atoms with Crippen molar-refractivity contribution < 1.29 is 9.59 Å². The summed E-state index contributed by atoms with van der Waals surface area (Å²) in [6.07, 6.45) is 0.985. The van der Waals surface area contributed by atoms with Crippen LogP contribution in [0.25, 0.3) is 0 Å². The van der Waals surface area contributed by atoms with Gasteiger partial charge in [-0.1, -0.05) is 25.4 Å². The second-order valence-electron chi connectivity index (χ2n) is 5.29. The van der Waals surface area contributed by atoms with E-state index < -0.39 is 0 Å². The van der Waals surface area contributed by atoms with Crippen LogP contribution in [0.1, 0.15) is 26.7 Å². The van der Waals surface area contributed by atoms with Gasteiger partial charge in [-0.2, -0.15) is 0 Å². The van der Waals surface area contributed by atoms with Gasteiger partial charge in [-0.05, 0) is 18.2 Å². The van der Waals surface area contributed by atoms with E-state index in [1.807, 2.05) is 30.9 Å². The molecule has 1 aromatic carbocycles. The molecule has 1 aromatic rings. The molecule has 1 fully saturated rings. The molecule has 1 heterocycles. The van der Waals surface area contributed by atoms with Gasteiger partial charge in [-0.3, -0.25) is 9.59 Å². The van der Waals surface area contributed by atoms with Crippen molar-refractivity contribution in [1.29, 1.82) is 0 Å². The maximum absolute atomic E-state index is 11.7. The molecule has 120 valence electrons. The molecule has 0 atom stereocenters. The Hall–Kier alpha value is -1.75. The first-order valence-corrected chi connectivity index (χ1v) is 8.05. The fourth-order valence-corrected chi connectivity index (χ4v) is 2.81. The standard InChI is InChI=1S/C16H22ClN3O2/c1-3-15(21)18-12-5-6-14(13(17)11-12)19-7-9-20(10-8-19)16(22)4-2/h5-6,11H,3-4,7-10H2,1-2H3,(H,18,21). The van der Waals surface area contributed by atoms with Gasteiger partial charge >= 0.3 is 0 Å². The summed E-state index contributed by atoms with van der Waals surface area (Å²) in [7, 11) is 0. The Bertz CT molecular complexity index is 554. The lowest BCUT2D eigenvalue weighted by atomic mass is 10.2. The van der Waals surface area contributed by atoms with E-state index in [1.54, 1.807) is 6.07 Å². The number of halogens is 1. The van der Waals surface area contributed by atoms with Crippen molar-refractivity contribution >= 4 is 34.8 Å². The highest BCUT2D eigenvalue weighted by molar-refractivity contribution is 6.33. The van der Waals surface area contributed by atoms with Crippen molar-refractivity contribution in [3.8, 4) is 0 Å². The topological polar surface area (TPSA) is 52.7 Å². The van der Waals surface area contributed by atoms with Crippen molar-refractivity contribution in [3.63, 3.8) is 0 Å². The van der Waals surface area contributed by atoms with E-state index in [0.717, 1.165) is 31.9 Å². The quantitative estimate of drug-likeness (QED) is 0.927. The van der Waals surface area contributed by atoms with Gasteiger partial charge in [0.2, 0.25) is 11.8 Å². The predicted octanol–water partition coefficient (Wildman–Crippen LogP) is 2.75. The summed E-state index contributed by atoms with van der Waals surface area (Å²) < 4.78 is 0. The molecule has 0 spiro atoms. The van der Waals surface area contributed by atoms with Crippen molar-refractivity contribution in [2.75, 3.05) is 36.4 Å². The molecule has 0 unspecified atom stereocenters. The summed E-state index contributed by atoms with van der Waals surface area (Å²) in [6.45, 7) is 6.67. The average molecular weight is 324 g/mol. The van der Waals surface area contributed by atoms with Gasteiger partial charge < -0.3 is 15.1 Å². The van der Waals surface area contributed by atoms with Gasteiger partial charge in [0.25, 0.3) is 0 Å². The molecule has 0 saturated carbocycles. The minimum Gasteiger partial charge on any atom is -0.367 e. The fraction of sp³-hybridized carbons (Fsp3) is 0.500. The highest BCUT2D eigenvalue weighted by Gasteiger charge is 2.21. The van der Waals surface area contributed by atoms with Crippen molar-refractivity contribution in [2.24, 2.45) is 0 Å². The molecule has 0 radical (unpaired) electrons. The molecular formula is C16H22ClN3O2. The summed E-state index contributed by atoms with van der Waals surface area (Å²) in [4.78, 5) is 27.2. The minimum atomic E-state index is -0.0319. The van der Waals surface area contributed by atoms with Crippen molar-refractivity contribution in [1.82, 2.24) is 4.90 Å². The Balaban J connectivity index is 2.02. The predicted molar refractivity (Wildman–Crippen MR) is 89.5 cm³/mol. The van der Waals surface area contributed by atoms with E-state index in [2.05, 4.69) is 10.2 Å². The number of hydrogen-bond acceptors (Lipinski definition) is 3. The van der Waals surface area contributed by atoms with Crippen LogP contribution in [0, 0.1) is 0 Å². The van der Waals surface area contributed by atoms with Gasteiger partial charge in [0.15, 0.2) is 0 Å². The van der Waals surface area contributed by atoms with Crippen LogP contribution in [-0.2, 0) is 9.59 Å². The molecule has 6 heteroatoms. The smallest absolute Gasteiger partial charge is 0.224 e. The monoisotopic (exact) mass is 323 g/mol. The third-order valence-corrected chi connectivity index (χ3v) is 4.13. The van der Waals surface area contributed by atoms with E-state index in [-0.39, 0.29) is 11.8 Å². The van der Waals surface area contributed by atoms with Crippen molar-refractivity contribution in [3.05, 3.63) is 23.2 Å². The number of hydrogen-bond donors (Lipinski definition) is 1. The van der Waals surface area contributed by atoms with Crippen LogP contribution in [0.2, 0.25) is 5.02 Å². The van der Waals surface area contributed by atoms with E-state index in [4.69, 9.17) is 11.6 Å². The average Bonchev–Trinajstić information content (AvgIpc) is 2.54. The zero-order chi connectivity index (χ0) is 16.1. The molecule has 0 bridgehead atoms. The number of anilines is 2. The first-order chi connectivity index (χ1) is 10.5. The summed E-state index contributed by atoms with van der Waals surface area (Å²) in [5.41, 5.74) is 1.65. The van der Waals surface area contributed by atoms with E-state index >= 15 is 0 Å². The number of carbonyl (C=O) groups is 2. The van der Waals surface area contributed by atoms with Gasteiger partial charge in [-0.15, -0.1) is 0 Å². The summed E-state index contributed by atoms with van der Waals surface area (Å²) in [5.74, 6) is 0.166. The van der Waals surface area contributed by atoms with Crippen LogP contribution >= 0.6 is 11.6 Å². The van der Waals surface area contributed by atoms with Crippen molar-refractivity contribution in [2.45, 2.75) is 26.7 Å². The molecular weight excluding hydrogens is 302 g/mol. The van der Waals surface area contributed by atoms with Gasteiger partial charge in [0.1, 0.15) is 0 Å². The minimum absolute atomic E-state index is 0.0319. The molecule has 0 aliphatic carbocycles. The lowest BCUT2D eigenvalue weighted by Crippen LogP contribution is -2.48. The number of nitrogens with zero attached hydrogens (tertiary/aromatic N) is 2. The van der Waals surface area contributed by atoms with Crippen LogP contribution in [-0.4, -0.2) is 42.9 Å². The molecule has 1 saturated heterocycles. The van der Waals surface area contributed by atoms with E-state index in [1.165, 1.54) is 0 Å². The molecule has 0 aromatic heterocycles. The third kappa shape index (κ3) is 3.91. The molecule has 2 rings (SSSR count). The second-order valence-corrected chi connectivity index (χ2v) is 5.70. The number of benzene rings is 1. The SMILES string of the molecule is CCC(=O)Nc1ccc(N2CCN(C(=O)CC)CC2)c(Cl)c1. The van der Waals surface area contributed by atoms with E-state index in [0.29, 0.717) is 23.6 Å². The molecule has 22 heavy (non-hydrogen) atoms. The first-order valence-electron chi connectivity index (χ1n) is 7.67. The van der Waals surface area contributed by atoms with Crippen LogP contribution in [0.15, 0.2) is 18.2 Å². The number of nitrogens with one attached hydrogen (secondary N) is 1. The molecule has 1 aliphatic rings. The highest BCUT2D eigenvalue weighted by Crippen LogP contribution is 2.29. The Morgan fingerprint density at radius 3 is 2.36 bits per heavy atom. The Kier molecular flexibility index (Phi) is 5.66. The highest BCUT2D eigenvalue weighted by atomic mass is 35.5. The van der Waals surface area contributed by atoms with Gasteiger partial charge in [0, 0.05) is 44.7 Å². The Labute approximate surface area is 136 Å². The lowest BCUT2D eigenvalue weighted by molar-refractivity contribution is -0.131. The maximum Gasteiger partial charge on any atom is 0.224 e. The van der Waals surface area contributed by atoms with Crippen LogP contribution < -0.4 is 10.2 Å². The number of amides is 2. The zero-order valence-electron chi connectivity index (χ0n) is 13.1. The third-order valence-electron chi connectivity index (χ3n) is 3.83. The fourth-order valence-electron chi connectivity index (χ4n) is 2.51. The van der Waals surface area contributed by atoms with Crippen LogP contribution in [0.4, 0.5) is 11.4 Å². The largest absolute Gasteiger partial charge is 0.367 e. The summed E-state index contributed by atoms with van der Waals surface area (Å²) >= 11 is 6.34. The molecule has 1 aliphatic heterocycles. The maximum atomic E-state index is 11.7. The van der Waals surface area contributed by atoms with Gasteiger partial charge in [-0.25, -0.2) is 0 Å². The lowest BCUT2D eigenvalue weighted by Gasteiger charge is -2.36. The normalized spacial score (nSPS) is 14.9. The Morgan fingerprint density at radius 1 is 1.14 bits per heavy atom. The number of piperazine rings is 1. The number of carbonyl (C=O) groups excluding carboxylic acids is 2. The molecule has 5 nitrogen and oxygen atoms in total. The molecule has 2 amide bonds. The van der Waals surface area contributed by atoms with Crippen LogP contribution in [0.3, 0.4) is 0 Å². The summed E-state index contributed by atoms with van der Waals surface area (Å²) in [5, 5.41) is 3.41. The second kappa shape index (κ2) is 7.49. The summed E-state index contributed by atoms with van der Waals surface area (Å²) in [6, 6.07) is 5.55. The van der Waals surface area contributed by atoms with Crippen LogP contribution in [0.5, 0.6) is 0 Å². The zero-order valence-corrected chi connectivity index (χ0v) is 13.8. The first kappa shape index (κ1) is 16.6. The number of rotatable bonds is 4.